The van der Waals surface area contributed by atoms with Crippen molar-refractivity contribution in [3.05, 3.63) is 34.8 Å². The van der Waals surface area contributed by atoms with E-state index in [9.17, 15) is 5.11 Å². The number of phenols is 1. The molecule has 2 nitrogen and oxygen atoms in total. The average molecular weight is 430 g/mol. The molecular weight excluding hydrogens is 408 g/mol. The van der Waals surface area contributed by atoms with Crippen LogP contribution in [0.15, 0.2) is 34.8 Å². The second kappa shape index (κ2) is 9.41. The topological polar surface area (TPSA) is 29.5 Å². The quantitative estimate of drug-likeness (QED) is 0.368. The van der Waals surface area contributed by atoms with E-state index in [1.807, 2.05) is 18.2 Å². The van der Waals surface area contributed by atoms with Crippen molar-refractivity contribution in [2.24, 2.45) is 0 Å². The molecule has 0 saturated carbocycles. The molecule has 0 amide bonds. The molecule has 1 N–H and O–H groups in total. The normalized spacial score (nSPS) is 11.0. The third-order valence-electron chi connectivity index (χ3n) is 3.69. The van der Waals surface area contributed by atoms with Crippen molar-refractivity contribution in [1.82, 2.24) is 0 Å². The van der Waals surface area contributed by atoms with Crippen LogP contribution in [0.5, 0.6) is 11.5 Å². The van der Waals surface area contributed by atoms with Crippen LogP contribution >= 0.6 is 31.9 Å². The van der Waals surface area contributed by atoms with Gasteiger partial charge in [0.2, 0.25) is 0 Å². The van der Waals surface area contributed by atoms with Crippen LogP contribution in [0.3, 0.4) is 0 Å². The summed E-state index contributed by atoms with van der Waals surface area (Å²) >= 11 is 7.07. The molecule has 0 aliphatic rings. The monoisotopic (exact) mass is 428 g/mol. The lowest BCUT2D eigenvalue weighted by molar-refractivity contribution is 0.303. The first kappa shape index (κ1) is 17.6. The molecule has 2 rings (SSSR count). The van der Waals surface area contributed by atoms with Gasteiger partial charge >= 0.3 is 0 Å². The van der Waals surface area contributed by atoms with Crippen LogP contribution in [0.25, 0.3) is 10.8 Å². The molecule has 0 aliphatic heterocycles. The molecule has 0 aliphatic carbocycles. The summed E-state index contributed by atoms with van der Waals surface area (Å²) in [6, 6.07) is 9.31. The van der Waals surface area contributed by atoms with Crippen LogP contribution < -0.4 is 4.74 Å². The number of fused-ring (bicyclic) bond motifs is 1. The summed E-state index contributed by atoms with van der Waals surface area (Å²) in [7, 11) is 0. The van der Waals surface area contributed by atoms with Crippen molar-refractivity contribution in [2.45, 2.75) is 38.5 Å². The number of ether oxygens (including phenoxy) is 1. The number of hydrogen-bond donors (Lipinski definition) is 1. The van der Waals surface area contributed by atoms with Gasteiger partial charge in [-0.1, -0.05) is 47.7 Å². The zero-order valence-corrected chi connectivity index (χ0v) is 15.8. The molecule has 4 heteroatoms. The number of phenolic OH excluding ortho intramolecular Hbond substituents is 1. The average Bonchev–Trinajstić information content (AvgIpc) is 2.52. The minimum Gasteiger partial charge on any atom is -0.508 e. The van der Waals surface area contributed by atoms with Gasteiger partial charge in [-0.3, -0.25) is 0 Å². The van der Waals surface area contributed by atoms with E-state index >= 15 is 0 Å². The number of benzene rings is 2. The fourth-order valence-corrected chi connectivity index (χ4v) is 3.46. The Morgan fingerprint density at radius 2 is 1.64 bits per heavy atom. The molecule has 22 heavy (non-hydrogen) atoms. The van der Waals surface area contributed by atoms with Crippen LogP contribution in [0.4, 0.5) is 0 Å². The lowest BCUT2D eigenvalue weighted by Crippen LogP contribution is -1.98. The molecule has 2 aromatic carbocycles. The Bertz CT molecular complexity index is 599. The minimum absolute atomic E-state index is 0.285. The van der Waals surface area contributed by atoms with Crippen molar-refractivity contribution < 1.29 is 9.84 Å². The van der Waals surface area contributed by atoms with Crippen molar-refractivity contribution in [2.75, 3.05) is 11.9 Å². The summed E-state index contributed by atoms with van der Waals surface area (Å²) in [5.74, 6) is 1.16. The van der Waals surface area contributed by atoms with E-state index in [1.165, 1.54) is 32.1 Å². The van der Waals surface area contributed by atoms with Crippen molar-refractivity contribution in [3.63, 3.8) is 0 Å². The Morgan fingerprint density at radius 1 is 0.909 bits per heavy atom. The minimum atomic E-state index is 0.285. The highest BCUT2D eigenvalue weighted by Gasteiger charge is 2.06. The zero-order chi connectivity index (χ0) is 15.8. The number of halogens is 2. The van der Waals surface area contributed by atoms with Gasteiger partial charge in [0, 0.05) is 5.33 Å². The maximum absolute atomic E-state index is 9.52. The summed E-state index contributed by atoms with van der Waals surface area (Å²) in [6.07, 6.45) is 7.50. The first-order valence-corrected chi connectivity index (χ1v) is 9.74. The van der Waals surface area contributed by atoms with Crippen LogP contribution in [0.2, 0.25) is 0 Å². The Labute approximate surface area is 149 Å². The lowest BCUT2D eigenvalue weighted by Gasteiger charge is -2.10. The maximum Gasteiger partial charge on any atom is 0.134 e. The zero-order valence-electron chi connectivity index (χ0n) is 12.7. The largest absolute Gasteiger partial charge is 0.508 e. The maximum atomic E-state index is 9.52. The van der Waals surface area contributed by atoms with E-state index in [0.29, 0.717) is 0 Å². The van der Waals surface area contributed by atoms with Crippen molar-refractivity contribution in [3.8, 4) is 11.5 Å². The van der Waals surface area contributed by atoms with E-state index in [2.05, 4.69) is 31.9 Å². The second-order valence-electron chi connectivity index (χ2n) is 5.44. The van der Waals surface area contributed by atoms with E-state index in [1.54, 1.807) is 12.1 Å². The van der Waals surface area contributed by atoms with E-state index < -0.39 is 0 Å². The Hall–Kier alpha value is -0.740. The molecule has 0 atom stereocenters. The van der Waals surface area contributed by atoms with Gasteiger partial charge < -0.3 is 9.84 Å². The molecule has 0 bridgehead atoms. The van der Waals surface area contributed by atoms with Gasteiger partial charge in [0.1, 0.15) is 11.5 Å². The molecule has 0 fully saturated rings. The van der Waals surface area contributed by atoms with Gasteiger partial charge in [0.05, 0.1) is 11.1 Å². The highest BCUT2D eigenvalue weighted by molar-refractivity contribution is 9.10. The molecule has 120 valence electrons. The number of aromatic hydroxyl groups is 1. The second-order valence-corrected chi connectivity index (χ2v) is 7.03. The van der Waals surface area contributed by atoms with E-state index in [4.69, 9.17) is 4.74 Å². The smallest absolute Gasteiger partial charge is 0.134 e. The standard InChI is InChI=1S/C18H22Br2O2/c19-11-5-3-1-2-4-6-12-22-17-10-7-14-13-15(21)8-9-16(14)18(17)20/h7-10,13,21H,1-6,11-12H2. The van der Waals surface area contributed by atoms with Crippen LogP contribution in [0, 0.1) is 0 Å². The molecule has 0 spiro atoms. The van der Waals surface area contributed by atoms with Crippen LogP contribution in [-0.4, -0.2) is 17.0 Å². The van der Waals surface area contributed by atoms with Gasteiger partial charge in [-0.05, 0) is 63.8 Å². The van der Waals surface area contributed by atoms with Gasteiger partial charge in [-0.2, -0.15) is 0 Å². The first-order valence-electron chi connectivity index (χ1n) is 7.82. The molecular formula is C18H22Br2O2. The third-order valence-corrected chi connectivity index (χ3v) is 5.07. The molecule has 0 saturated heterocycles. The summed E-state index contributed by atoms with van der Waals surface area (Å²) in [4.78, 5) is 0. The predicted molar refractivity (Wildman–Crippen MR) is 100 cm³/mol. The number of hydrogen-bond acceptors (Lipinski definition) is 2. The Kier molecular flexibility index (Phi) is 7.53. The molecule has 0 radical (unpaired) electrons. The van der Waals surface area contributed by atoms with Gasteiger partial charge in [-0.15, -0.1) is 0 Å². The van der Waals surface area contributed by atoms with Gasteiger partial charge in [0.15, 0.2) is 0 Å². The molecule has 0 aromatic heterocycles. The fraction of sp³-hybridized carbons (Fsp3) is 0.444. The highest BCUT2D eigenvalue weighted by Crippen LogP contribution is 2.34. The number of unbranched alkanes of at least 4 members (excludes halogenated alkanes) is 5. The highest BCUT2D eigenvalue weighted by atomic mass is 79.9. The summed E-state index contributed by atoms with van der Waals surface area (Å²) in [5.41, 5.74) is 0. The van der Waals surface area contributed by atoms with Crippen LogP contribution in [0.1, 0.15) is 38.5 Å². The van der Waals surface area contributed by atoms with Gasteiger partial charge in [-0.25, -0.2) is 0 Å². The summed E-state index contributed by atoms with van der Waals surface area (Å²) in [6.45, 7) is 0.751. The van der Waals surface area contributed by atoms with Gasteiger partial charge in [0.25, 0.3) is 0 Å². The van der Waals surface area contributed by atoms with E-state index in [-0.39, 0.29) is 5.75 Å². The number of rotatable bonds is 9. The molecule has 2 aromatic rings. The van der Waals surface area contributed by atoms with Crippen molar-refractivity contribution >= 4 is 42.6 Å². The van der Waals surface area contributed by atoms with E-state index in [0.717, 1.165) is 39.4 Å². The van der Waals surface area contributed by atoms with Crippen LogP contribution in [-0.2, 0) is 0 Å². The lowest BCUT2D eigenvalue weighted by atomic mass is 10.1. The SMILES string of the molecule is Oc1ccc2c(Br)c(OCCCCCCCCBr)ccc2c1. The predicted octanol–water partition coefficient (Wildman–Crippen LogP) is 6.42. The molecule has 0 heterocycles. The van der Waals surface area contributed by atoms with Crippen molar-refractivity contribution in [1.29, 1.82) is 0 Å². The molecule has 0 unspecified atom stereocenters. The Balaban J connectivity index is 1.80. The first-order chi connectivity index (χ1) is 10.7. The fourth-order valence-electron chi connectivity index (χ4n) is 2.46. The Morgan fingerprint density at radius 3 is 2.41 bits per heavy atom. The number of alkyl halides is 1. The summed E-state index contributed by atoms with van der Waals surface area (Å²) < 4.78 is 6.85. The summed E-state index contributed by atoms with van der Waals surface area (Å²) in [5, 5.41) is 12.7. The third kappa shape index (κ3) is 5.17.